The van der Waals surface area contributed by atoms with Crippen LogP contribution in [0.4, 0.5) is 11.8 Å². The molecule has 0 radical (unpaired) electrons. The molecule has 1 saturated heterocycles. The van der Waals surface area contributed by atoms with Crippen LogP contribution in [0.3, 0.4) is 0 Å². The van der Waals surface area contributed by atoms with E-state index in [-0.39, 0.29) is 0 Å². The van der Waals surface area contributed by atoms with Crippen molar-refractivity contribution >= 4 is 33.3 Å². The normalized spacial score (nSPS) is 16.9. The molecule has 0 amide bonds. The highest BCUT2D eigenvalue weighted by molar-refractivity contribution is 7.18. The summed E-state index contributed by atoms with van der Waals surface area (Å²) in [5.74, 6) is 1.79. The van der Waals surface area contributed by atoms with Crippen LogP contribution in [0.1, 0.15) is 18.7 Å². The highest BCUT2D eigenvalue weighted by Gasteiger charge is 2.22. The maximum Gasteiger partial charge on any atom is 0.225 e. The van der Waals surface area contributed by atoms with E-state index in [1.165, 1.54) is 10.3 Å². The van der Waals surface area contributed by atoms with Gasteiger partial charge in [-0.25, -0.2) is 4.98 Å². The minimum absolute atomic E-state index is 0.619. The largest absolute Gasteiger partial charge is 0.357 e. The number of nitrogens with zero attached hydrogens (tertiary/aromatic N) is 4. The van der Waals surface area contributed by atoms with Crippen LogP contribution in [0, 0.1) is 6.92 Å². The second kappa shape index (κ2) is 5.77. The number of piperazine rings is 1. The highest BCUT2D eigenvalue weighted by atomic mass is 32.1. The van der Waals surface area contributed by atoms with E-state index in [4.69, 9.17) is 4.98 Å². The van der Waals surface area contributed by atoms with Gasteiger partial charge in [0.25, 0.3) is 0 Å². The Morgan fingerprint density at radius 1 is 1.19 bits per heavy atom. The first kappa shape index (κ1) is 14.5. The van der Waals surface area contributed by atoms with Crippen molar-refractivity contribution in [1.82, 2.24) is 14.9 Å². The van der Waals surface area contributed by atoms with Crippen molar-refractivity contribution in [3.05, 3.63) is 10.9 Å². The zero-order valence-electron chi connectivity index (χ0n) is 13.2. The van der Waals surface area contributed by atoms with Crippen LogP contribution >= 0.6 is 11.3 Å². The number of aryl methyl sites for hydroxylation is 1. The Hall–Kier alpha value is -1.40. The average molecular weight is 305 g/mol. The highest BCUT2D eigenvalue weighted by Crippen LogP contribution is 2.32. The number of hydrogen-bond acceptors (Lipinski definition) is 6. The number of rotatable bonds is 3. The zero-order valence-corrected chi connectivity index (χ0v) is 14.0. The van der Waals surface area contributed by atoms with Gasteiger partial charge in [-0.2, -0.15) is 4.98 Å². The molecule has 1 N–H and O–H groups in total. The maximum absolute atomic E-state index is 4.72. The summed E-state index contributed by atoms with van der Waals surface area (Å²) < 4.78 is 0. The first-order valence-corrected chi connectivity index (χ1v) is 8.35. The molecule has 0 aliphatic carbocycles. The standard InChI is InChI=1S/C15H23N5S/c1-10(2)19-5-7-20(8-6-19)13-12-9-11(3)21-14(12)18-15(16-4)17-13/h9-10H,5-8H2,1-4H3,(H,16,17,18). The van der Waals surface area contributed by atoms with Gasteiger partial charge in [-0.05, 0) is 26.8 Å². The fourth-order valence-electron chi connectivity index (χ4n) is 2.83. The molecule has 5 nitrogen and oxygen atoms in total. The van der Waals surface area contributed by atoms with Crippen molar-refractivity contribution in [3.8, 4) is 0 Å². The van der Waals surface area contributed by atoms with Gasteiger partial charge < -0.3 is 10.2 Å². The van der Waals surface area contributed by atoms with E-state index < -0.39 is 0 Å². The van der Waals surface area contributed by atoms with Gasteiger partial charge in [0.2, 0.25) is 5.95 Å². The lowest BCUT2D eigenvalue weighted by molar-refractivity contribution is 0.209. The molecule has 3 heterocycles. The van der Waals surface area contributed by atoms with Crippen LogP contribution in [0.15, 0.2) is 6.07 Å². The minimum atomic E-state index is 0.619. The summed E-state index contributed by atoms with van der Waals surface area (Å²) in [6.07, 6.45) is 0. The molecule has 0 saturated carbocycles. The Morgan fingerprint density at radius 3 is 2.52 bits per heavy atom. The number of aromatic nitrogens is 2. The minimum Gasteiger partial charge on any atom is -0.357 e. The molecular weight excluding hydrogens is 282 g/mol. The number of fused-ring (bicyclic) bond motifs is 1. The van der Waals surface area contributed by atoms with Gasteiger partial charge in [-0.3, -0.25) is 4.90 Å². The molecule has 0 spiro atoms. The second-order valence-corrected chi connectivity index (χ2v) is 7.05. The Morgan fingerprint density at radius 2 is 1.90 bits per heavy atom. The van der Waals surface area contributed by atoms with Crippen molar-refractivity contribution in [1.29, 1.82) is 0 Å². The van der Waals surface area contributed by atoms with Gasteiger partial charge in [0.1, 0.15) is 10.6 Å². The quantitative estimate of drug-likeness (QED) is 0.944. The van der Waals surface area contributed by atoms with Crippen LogP contribution in [0.2, 0.25) is 0 Å². The second-order valence-electron chi connectivity index (χ2n) is 5.81. The summed E-state index contributed by atoms with van der Waals surface area (Å²) in [6, 6.07) is 2.83. The summed E-state index contributed by atoms with van der Waals surface area (Å²) in [4.78, 5) is 16.6. The van der Waals surface area contributed by atoms with E-state index in [2.05, 4.69) is 46.9 Å². The summed E-state index contributed by atoms with van der Waals surface area (Å²) in [5, 5.41) is 4.27. The Kier molecular flexibility index (Phi) is 3.99. The lowest BCUT2D eigenvalue weighted by Gasteiger charge is -2.37. The molecule has 2 aromatic rings. The summed E-state index contributed by atoms with van der Waals surface area (Å²) in [6.45, 7) is 10.9. The summed E-state index contributed by atoms with van der Waals surface area (Å²) >= 11 is 1.74. The summed E-state index contributed by atoms with van der Waals surface area (Å²) in [5.41, 5.74) is 0. The van der Waals surface area contributed by atoms with Gasteiger partial charge in [-0.15, -0.1) is 11.3 Å². The summed E-state index contributed by atoms with van der Waals surface area (Å²) in [7, 11) is 1.88. The van der Waals surface area contributed by atoms with E-state index >= 15 is 0 Å². The number of anilines is 2. The maximum atomic E-state index is 4.72. The van der Waals surface area contributed by atoms with Gasteiger partial charge in [0.05, 0.1) is 5.39 Å². The molecule has 0 aromatic carbocycles. The van der Waals surface area contributed by atoms with Gasteiger partial charge in [0, 0.05) is 44.1 Å². The fourth-order valence-corrected chi connectivity index (χ4v) is 3.70. The third kappa shape index (κ3) is 2.82. The fraction of sp³-hybridized carbons (Fsp3) is 0.600. The predicted molar refractivity (Wildman–Crippen MR) is 90.6 cm³/mol. The van der Waals surface area contributed by atoms with Crippen molar-refractivity contribution in [2.75, 3.05) is 43.4 Å². The van der Waals surface area contributed by atoms with Crippen LogP contribution in [-0.2, 0) is 0 Å². The van der Waals surface area contributed by atoms with E-state index in [0.29, 0.717) is 12.0 Å². The lowest BCUT2D eigenvalue weighted by atomic mass is 10.2. The molecule has 114 valence electrons. The third-order valence-corrected chi connectivity index (χ3v) is 5.01. The number of hydrogen-bond donors (Lipinski definition) is 1. The topological polar surface area (TPSA) is 44.3 Å². The predicted octanol–water partition coefficient (Wildman–Crippen LogP) is 2.57. The SMILES string of the molecule is CNc1nc(N2CCN(C(C)C)CC2)c2cc(C)sc2n1. The molecule has 1 fully saturated rings. The van der Waals surface area contributed by atoms with Crippen molar-refractivity contribution in [3.63, 3.8) is 0 Å². The Bertz CT molecular complexity index is 628. The van der Waals surface area contributed by atoms with E-state index in [1.807, 2.05) is 7.05 Å². The lowest BCUT2D eigenvalue weighted by Crippen LogP contribution is -2.49. The molecule has 0 bridgehead atoms. The molecule has 1 aliphatic rings. The molecule has 2 aromatic heterocycles. The molecule has 0 atom stereocenters. The third-order valence-electron chi connectivity index (χ3n) is 4.06. The smallest absolute Gasteiger partial charge is 0.225 e. The van der Waals surface area contributed by atoms with Gasteiger partial charge in [0.15, 0.2) is 0 Å². The first-order chi connectivity index (χ1) is 10.1. The van der Waals surface area contributed by atoms with Crippen molar-refractivity contribution < 1.29 is 0 Å². The van der Waals surface area contributed by atoms with Crippen LogP contribution in [0.5, 0.6) is 0 Å². The zero-order chi connectivity index (χ0) is 15.0. The molecule has 1 aliphatic heterocycles. The van der Waals surface area contributed by atoms with E-state index in [9.17, 15) is 0 Å². The van der Waals surface area contributed by atoms with Gasteiger partial charge >= 0.3 is 0 Å². The Labute approximate surface area is 130 Å². The number of nitrogens with one attached hydrogen (secondary N) is 1. The van der Waals surface area contributed by atoms with E-state index in [0.717, 1.165) is 36.8 Å². The van der Waals surface area contributed by atoms with E-state index in [1.54, 1.807) is 11.3 Å². The van der Waals surface area contributed by atoms with Crippen molar-refractivity contribution in [2.24, 2.45) is 0 Å². The van der Waals surface area contributed by atoms with Gasteiger partial charge in [-0.1, -0.05) is 0 Å². The van der Waals surface area contributed by atoms with Crippen molar-refractivity contribution in [2.45, 2.75) is 26.8 Å². The average Bonchev–Trinajstić information content (AvgIpc) is 2.86. The molecule has 6 heteroatoms. The van der Waals surface area contributed by atoms with Crippen LogP contribution in [-0.4, -0.2) is 54.1 Å². The Balaban J connectivity index is 1.93. The monoisotopic (exact) mass is 305 g/mol. The molecule has 0 unspecified atom stereocenters. The molecule has 21 heavy (non-hydrogen) atoms. The number of thiophene rings is 1. The molecular formula is C15H23N5S. The van der Waals surface area contributed by atoms with Crippen LogP contribution < -0.4 is 10.2 Å². The van der Waals surface area contributed by atoms with Crippen LogP contribution in [0.25, 0.3) is 10.2 Å². The first-order valence-electron chi connectivity index (χ1n) is 7.53. The molecule has 3 rings (SSSR count).